The number of imidazole rings is 1. The first-order valence-electron chi connectivity index (χ1n) is 4.40. The van der Waals surface area contributed by atoms with Crippen LogP contribution < -0.4 is 0 Å². The molecule has 2 heteroatoms. The Morgan fingerprint density at radius 3 is 2.64 bits per heavy atom. The van der Waals surface area contributed by atoms with Crippen molar-refractivity contribution in [3.8, 4) is 12.3 Å². The molecule has 0 N–H and O–H groups in total. The number of terminal acetylenes is 1. The summed E-state index contributed by atoms with van der Waals surface area (Å²) in [7, 11) is 0. The maximum atomic E-state index is 5.27. The summed E-state index contributed by atoms with van der Waals surface area (Å²) in [6, 6.07) is 7.98. The summed E-state index contributed by atoms with van der Waals surface area (Å²) >= 11 is 0. The van der Waals surface area contributed by atoms with Crippen molar-refractivity contribution in [2.24, 2.45) is 0 Å². The zero-order valence-electron chi connectivity index (χ0n) is 7.72. The summed E-state index contributed by atoms with van der Waals surface area (Å²) in [5.41, 5.74) is 2.14. The Balaban J connectivity index is 2.15. The molecule has 0 unspecified atom stereocenters. The highest BCUT2D eigenvalue weighted by molar-refractivity contribution is 5.34. The van der Waals surface area contributed by atoms with E-state index in [1.54, 1.807) is 12.5 Å². The van der Waals surface area contributed by atoms with E-state index in [-0.39, 0.29) is 0 Å². The first-order chi connectivity index (χ1) is 6.88. The molecule has 0 aliphatic rings. The molecule has 0 spiro atoms. The van der Waals surface area contributed by atoms with Crippen LogP contribution in [0, 0.1) is 12.3 Å². The Hall–Kier alpha value is -2.01. The van der Waals surface area contributed by atoms with E-state index in [0.29, 0.717) is 0 Å². The van der Waals surface area contributed by atoms with Crippen LogP contribution in [0.5, 0.6) is 0 Å². The number of rotatable bonds is 2. The van der Waals surface area contributed by atoms with Gasteiger partial charge in [-0.2, -0.15) is 0 Å². The lowest BCUT2D eigenvalue weighted by molar-refractivity contribution is 0.797. The molecule has 1 aromatic carbocycles. The standard InChI is InChI=1S/C12H10N2/c1-2-11-3-5-12(6-4-11)9-14-8-7-13-10-14/h1,3-8,10H,9H2. The first kappa shape index (κ1) is 8.58. The topological polar surface area (TPSA) is 17.8 Å². The van der Waals surface area contributed by atoms with Crippen molar-refractivity contribution < 1.29 is 0 Å². The lowest BCUT2D eigenvalue weighted by Crippen LogP contribution is -1.95. The molecular formula is C12H10N2. The van der Waals surface area contributed by atoms with Gasteiger partial charge in [-0.3, -0.25) is 0 Å². The molecule has 0 amide bonds. The minimum atomic E-state index is 0.838. The molecule has 0 aliphatic heterocycles. The molecule has 2 rings (SSSR count). The van der Waals surface area contributed by atoms with Gasteiger partial charge in [-0.15, -0.1) is 6.42 Å². The van der Waals surface area contributed by atoms with Gasteiger partial charge in [0.05, 0.1) is 6.33 Å². The van der Waals surface area contributed by atoms with Crippen LogP contribution in [-0.2, 0) is 6.54 Å². The third-order valence-corrected chi connectivity index (χ3v) is 2.04. The van der Waals surface area contributed by atoms with E-state index in [1.165, 1.54) is 5.56 Å². The number of hydrogen-bond donors (Lipinski definition) is 0. The monoisotopic (exact) mass is 182 g/mol. The summed E-state index contributed by atoms with van der Waals surface area (Å²) < 4.78 is 2.02. The molecular weight excluding hydrogens is 172 g/mol. The van der Waals surface area contributed by atoms with Crippen molar-refractivity contribution >= 4 is 0 Å². The molecule has 0 saturated heterocycles. The summed E-state index contributed by atoms with van der Waals surface area (Å²) in [6.45, 7) is 0.838. The van der Waals surface area contributed by atoms with Crippen LogP contribution in [0.15, 0.2) is 43.0 Å². The minimum Gasteiger partial charge on any atom is -0.333 e. The first-order valence-corrected chi connectivity index (χ1v) is 4.40. The average molecular weight is 182 g/mol. The predicted octanol–water partition coefficient (Wildman–Crippen LogP) is 1.91. The molecule has 0 aliphatic carbocycles. The molecule has 1 heterocycles. The lowest BCUT2D eigenvalue weighted by atomic mass is 10.1. The van der Waals surface area contributed by atoms with Crippen LogP contribution in [0.3, 0.4) is 0 Å². The average Bonchev–Trinajstić information content (AvgIpc) is 2.72. The van der Waals surface area contributed by atoms with E-state index < -0.39 is 0 Å². The van der Waals surface area contributed by atoms with Crippen molar-refractivity contribution in [2.45, 2.75) is 6.54 Å². The molecule has 0 atom stereocenters. The van der Waals surface area contributed by atoms with E-state index in [1.807, 2.05) is 35.0 Å². The Labute approximate surface area is 83.2 Å². The van der Waals surface area contributed by atoms with Crippen LogP contribution in [0.4, 0.5) is 0 Å². The molecule has 68 valence electrons. The van der Waals surface area contributed by atoms with Gasteiger partial charge in [-0.05, 0) is 17.7 Å². The highest BCUT2D eigenvalue weighted by atomic mass is 15.0. The van der Waals surface area contributed by atoms with Gasteiger partial charge in [0.25, 0.3) is 0 Å². The second kappa shape index (κ2) is 3.80. The van der Waals surface area contributed by atoms with Crippen molar-refractivity contribution in [1.82, 2.24) is 9.55 Å². The van der Waals surface area contributed by atoms with Crippen LogP contribution in [0.2, 0.25) is 0 Å². The highest BCUT2D eigenvalue weighted by Gasteiger charge is 1.93. The third kappa shape index (κ3) is 1.83. The van der Waals surface area contributed by atoms with Crippen LogP contribution >= 0.6 is 0 Å². The Morgan fingerprint density at radius 2 is 2.07 bits per heavy atom. The highest BCUT2D eigenvalue weighted by Crippen LogP contribution is 2.05. The van der Waals surface area contributed by atoms with Gasteiger partial charge in [0.2, 0.25) is 0 Å². The molecule has 2 nitrogen and oxygen atoms in total. The summed E-state index contributed by atoms with van der Waals surface area (Å²) in [5, 5.41) is 0. The number of hydrogen-bond acceptors (Lipinski definition) is 1. The SMILES string of the molecule is C#Cc1ccc(Cn2ccnc2)cc1. The zero-order valence-corrected chi connectivity index (χ0v) is 7.72. The van der Waals surface area contributed by atoms with Crippen LogP contribution in [-0.4, -0.2) is 9.55 Å². The summed E-state index contributed by atoms with van der Waals surface area (Å²) in [6.07, 6.45) is 10.8. The van der Waals surface area contributed by atoms with E-state index in [0.717, 1.165) is 12.1 Å². The third-order valence-electron chi connectivity index (χ3n) is 2.04. The summed E-state index contributed by atoms with van der Waals surface area (Å²) in [4.78, 5) is 3.98. The van der Waals surface area contributed by atoms with Crippen LogP contribution in [0.25, 0.3) is 0 Å². The van der Waals surface area contributed by atoms with E-state index in [2.05, 4.69) is 10.9 Å². The zero-order chi connectivity index (χ0) is 9.80. The van der Waals surface area contributed by atoms with Crippen molar-refractivity contribution in [3.63, 3.8) is 0 Å². The molecule has 0 saturated carbocycles. The molecule has 0 radical (unpaired) electrons. The van der Waals surface area contributed by atoms with Crippen LogP contribution in [0.1, 0.15) is 11.1 Å². The number of nitrogens with zero attached hydrogens (tertiary/aromatic N) is 2. The number of aromatic nitrogens is 2. The fourth-order valence-electron chi connectivity index (χ4n) is 1.30. The van der Waals surface area contributed by atoms with E-state index in [9.17, 15) is 0 Å². The lowest BCUT2D eigenvalue weighted by Gasteiger charge is -2.01. The second-order valence-corrected chi connectivity index (χ2v) is 3.08. The Kier molecular flexibility index (Phi) is 2.33. The van der Waals surface area contributed by atoms with Gasteiger partial charge >= 0.3 is 0 Å². The fraction of sp³-hybridized carbons (Fsp3) is 0.0833. The molecule has 1 aromatic heterocycles. The maximum Gasteiger partial charge on any atom is 0.0949 e. The van der Waals surface area contributed by atoms with Crippen molar-refractivity contribution in [2.75, 3.05) is 0 Å². The molecule has 0 bridgehead atoms. The Morgan fingerprint density at radius 1 is 1.29 bits per heavy atom. The van der Waals surface area contributed by atoms with Gasteiger partial charge in [0.15, 0.2) is 0 Å². The summed E-state index contributed by atoms with van der Waals surface area (Å²) in [5.74, 6) is 2.59. The largest absolute Gasteiger partial charge is 0.333 e. The molecule has 2 aromatic rings. The Bertz CT molecular complexity index is 432. The van der Waals surface area contributed by atoms with Gasteiger partial charge in [0.1, 0.15) is 0 Å². The predicted molar refractivity (Wildman–Crippen MR) is 55.7 cm³/mol. The normalized spacial score (nSPS) is 9.64. The molecule has 14 heavy (non-hydrogen) atoms. The van der Waals surface area contributed by atoms with Gasteiger partial charge in [-0.25, -0.2) is 4.98 Å². The van der Waals surface area contributed by atoms with E-state index in [4.69, 9.17) is 6.42 Å². The number of benzene rings is 1. The smallest absolute Gasteiger partial charge is 0.0949 e. The maximum absolute atomic E-state index is 5.27. The van der Waals surface area contributed by atoms with Gasteiger partial charge in [0, 0.05) is 24.5 Å². The minimum absolute atomic E-state index is 0.838. The van der Waals surface area contributed by atoms with Crippen molar-refractivity contribution in [3.05, 3.63) is 54.1 Å². The second-order valence-electron chi connectivity index (χ2n) is 3.08. The quantitative estimate of drug-likeness (QED) is 0.649. The van der Waals surface area contributed by atoms with E-state index >= 15 is 0 Å². The van der Waals surface area contributed by atoms with Gasteiger partial charge in [-0.1, -0.05) is 18.1 Å². The fourth-order valence-corrected chi connectivity index (χ4v) is 1.30. The molecule has 0 fully saturated rings. The van der Waals surface area contributed by atoms with Crippen molar-refractivity contribution in [1.29, 1.82) is 0 Å². The van der Waals surface area contributed by atoms with Gasteiger partial charge < -0.3 is 4.57 Å².